The van der Waals surface area contributed by atoms with Gasteiger partial charge < -0.3 is 19.9 Å². The van der Waals surface area contributed by atoms with Crippen molar-refractivity contribution < 1.29 is 23.8 Å². The molecular weight excluding hydrogens is 322 g/mol. The summed E-state index contributed by atoms with van der Waals surface area (Å²) in [6, 6.07) is 13.8. The van der Waals surface area contributed by atoms with Crippen LogP contribution in [0.15, 0.2) is 54.4 Å². The van der Waals surface area contributed by atoms with Crippen molar-refractivity contribution in [1.29, 1.82) is 0 Å². The van der Waals surface area contributed by atoms with Crippen molar-refractivity contribution in [3.63, 3.8) is 0 Å². The zero-order valence-corrected chi connectivity index (χ0v) is 13.8. The Balaban J connectivity index is 2.02. The predicted octanol–water partition coefficient (Wildman–Crippen LogP) is 2.45. The summed E-state index contributed by atoms with van der Waals surface area (Å²) in [5, 5.41) is 0. The third kappa shape index (κ3) is 3.06. The monoisotopic (exact) mass is 339 g/mol. The third-order valence-electron chi connectivity index (χ3n) is 3.93. The molecule has 1 aliphatic heterocycles. The molecule has 2 aromatic carbocycles. The summed E-state index contributed by atoms with van der Waals surface area (Å²) < 4.78 is 15.5. The number of carbonyl (C=O) groups excluding carboxylic acids is 2. The molecule has 0 radical (unpaired) electrons. The molecule has 6 nitrogen and oxygen atoms in total. The molecule has 1 unspecified atom stereocenters. The molecule has 25 heavy (non-hydrogen) atoms. The summed E-state index contributed by atoms with van der Waals surface area (Å²) in [7, 11) is 2.75. The van der Waals surface area contributed by atoms with E-state index in [2.05, 4.69) is 0 Å². The molecule has 1 heterocycles. The number of Topliss-reactive ketones (excluding diaryl/α,β-unsaturated/α-hetero) is 1. The van der Waals surface area contributed by atoms with Crippen molar-refractivity contribution in [1.82, 2.24) is 0 Å². The molecule has 0 aromatic heterocycles. The van der Waals surface area contributed by atoms with Crippen LogP contribution in [-0.2, 0) is 14.3 Å². The lowest BCUT2D eigenvalue weighted by atomic mass is 9.95. The molecule has 2 N–H and O–H groups in total. The van der Waals surface area contributed by atoms with Crippen molar-refractivity contribution in [3.05, 3.63) is 71.1 Å². The average molecular weight is 339 g/mol. The standard InChI is InChI=1S/C19H17NO5/c1-23-14-9-12(8-13(10-14)19(22)24-2)15-16(21)17(25-18(15)20)11-6-4-3-5-7-11/h3-10,17H,20H2,1-2H3. The minimum absolute atomic E-state index is 0.0166. The quantitative estimate of drug-likeness (QED) is 0.861. The Bertz CT molecular complexity index is 857. The number of ketones is 1. The molecule has 3 rings (SSSR count). The fourth-order valence-corrected chi connectivity index (χ4v) is 2.72. The lowest BCUT2D eigenvalue weighted by Gasteiger charge is -2.10. The van der Waals surface area contributed by atoms with Crippen LogP contribution in [0.25, 0.3) is 5.57 Å². The van der Waals surface area contributed by atoms with Crippen molar-refractivity contribution in [2.75, 3.05) is 14.2 Å². The van der Waals surface area contributed by atoms with Gasteiger partial charge in [0.15, 0.2) is 12.0 Å². The summed E-state index contributed by atoms with van der Waals surface area (Å²) >= 11 is 0. The van der Waals surface area contributed by atoms with Gasteiger partial charge in [-0.3, -0.25) is 4.79 Å². The number of carbonyl (C=O) groups is 2. The van der Waals surface area contributed by atoms with Gasteiger partial charge >= 0.3 is 5.97 Å². The van der Waals surface area contributed by atoms with Crippen LogP contribution >= 0.6 is 0 Å². The summed E-state index contributed by atoms with van der Waals surface area (Å²) in [5.41, 5.74) is 7.59. The van der Waals surface area contributed by atoms with Gasteiger partial charge in [0.2, 0.25) is 5.78 Å². The summed E-state index contributed by atoms with van der Waals surface area (Å²) in [5.74, 6) is -0.379. The van der Waals surface area contributed by atoms with Gasteiger partial charge in [-0.05, 0) is 23.8 Å². The summed E-state index contributed by atoms with van der Waals surface area (Å²) in [6.07, 6.45) is -0.802. The molecule has 0 spiro atoms. The smallest absolute Gasteiger partial charge is 0.338 e. The van der Waals surface area contributed by atoms with Crippen LogP contribution in [0, 0.1) is 0 Å². The first-order valence-corrected chi connectivity index (χ1v) is 7.58. The van der Waals surface area contributed by atoms with Crippen molar-refractivity contribution >= 4 is 17.3 Å². The fourth-order valence-electron chi connectivity index (χ4n) is 2.72. The third-order valence-corrected chi connectivity index (χ3v) is 3.93. The number of hydrogen-bond donors (Lipinski definition) is 1. The number of nitrogens with two attached hydrogens (primary N) is 1. The normalized spacial score (nSPS) is 16.6. The second-order valence-corrected chi connectivity index (χ2v) is 5.45. The Morgan fingerprint density at radius 3 is 2.48 bits per heavy atom. The largest absolute Gasteiger partial charge is 0.497 e. The minimum Gasteiger partial charge on any atom is -0.497 e. The highest BCUT2D eigenvalue weighted by molar-refractivity contribution is 6.25. The molecule has 0 aliphatic carbocycles. The first kappa shape index (κ1) is 16.6. The highest BCUT2D eigenvalue weighted by Gasteiger charge is 2.36. The van der Waals surface area contributed by atoms with E-state index in [1.54, 1.807) is 18.2 Å². The van der Waals surface area contributed by atoms with Crippen molar-refractivity contribution in [2.45, 2.75) is 6.10 Å². The molecule has 128 valence electrons. The van der Waals surface area contributed by atoms with Crippen LogP contribution in [-0.4, -0.2) is 26.0 Å². The second kappa shape index (κ2) is 6.68. The number of methoxy groups -OCH3 is 2. The Morgan fingerprint density at radius 1 is 1.12 bits per heavy atom. The molecule has 0 saturated carbocycles. The Morgan fingerprint density at radius 2 is 1.84 bits per heavy atom. The SMILES string of the molecule is COC(=O)c1cc(OC)cc(C2=C(N)OC(c3ccccc3)C2=O)c1. The zero-order chi connectivity index (χ0) is 18.0. The number of rotatable bonds is 4. The van der Waals surface area contributed by atoms with Crippen LogP contribution in [0.4, 0.5) is 0 Å². The molecule has 0 bridgehead atoms. The summed E-state index contributed by atoms with van der Waals surface area (Å²) in [6.45, 7) is 0. The van der Waals surface area contributed by atoms with Crippen LogP contribution < -0.4 is 10.5 Å². The van der Waals surface area contributed by atoms with Gasteiger partial charge in [-0.1, -0.05) is 30.3 Å². The van der Waals surface area contributed by atoms with E-state index in [1.165, 1.54) is 26.4 Å². The van der Waals surface area contributed by atoms with Crippen molar-refractivity contribution in [3.8, 4) is 5.75 Å². The van der Waals surface area contributed by atoms with Gasteiger partial charge in [-0.2, -0.15) is 0 Å². The number of hydrogen-bond acceptors (Lipinski definition) is 6. The number of esters is 1. The van der Waals surface area contributed by atoms with E-state index in [9.17, 15) is 9.59 Å². The Hall–Kier alpha value is -3.28. The summed E-state index contributed by atoms with van der Waals surface area (Å²) in [4.78, 5) is 24.7. The maximum Gasteiger partial charge on any atom is 0.338 e. The highest BCUT2D eigenvalue weighted by atomic mass is 16.5. The van der Waals surface area contributed by atoms with Crippen LogP contribution in [0.2, 0.25) is 0 Å². The lowest BCUT2D eigenvalue weighted by molar-refractivity contribution is -0.120. The van der Waals surface area contributed by atoms with E-state index in [1.807, 2.05) is 18.2 Å². The first-order chi connectivity index (χ1) is 12.0. The molecule has 1 aliphatic rings. The first-order valence-electron chi connectivity index (χ1n) is 7.58. The molecule has 0 fully saturated rings. The average Bonchev–Trinajstić information content (AvgIpc) is 2.95. The number of benzene rings is 2. The van der Waals surface area contributed by atoms with Gasteiger partial charge in [0.25, 0.3) is 0 Å². The van der Waals surface area contributed by atoms with Crippen LogP contribution in [0.1, 0.15) is 27.6 Å². The van der Waals surface area contributed by atoms with E-state index in [0.29, 0.717) is 16.9 Å². The Kier molecular flexibility index (Phi) is 4.43. The number of ether oxygens (including phenoxy) is 3. The van der Waals surface area contributed by atoms with Gasteiger partial charge in [-0.15, -0.1) is 0 Å². The van der Waals surface area contributed by atoms with Crippen LogP contribution in [0.3, 0.4) is 0 Å². The molecule has 2 aromatic rings. The fraction of sp³-hybridized carbons (Fsp3) is 0.158. The van der Waals surface area contributed by atoms with E-state index in [4.69, 9.17) is 19.9 Å². The second-order valence-electron chi connectivity index (χ2n) is 5.45. The van der Waals surface area contributed by atoms with Crippen LogP contribution in [0.5, 0.6) is 5.75 Å². The topological polar surface area (TPSA) is 87.8 Å². The minimum atomic E-state index is -0.802. The molecule has 0 amide bonds. The van der Waals surface area contributed by atoms with E-state index < -0.39 is 12.1 Å². The zero-order valence-electron chi connectivity index (χ0n) is 13.8. The van der Waals surface area contributed by atoms with Gasteiger partial charge in [-0.25, -0.2) is 4.79 Å². The molecular formula is C19H17NO5. The lowest BCUT2D eigenvalue weighted by Crippen LogP contribution is -2.10. The van der Waals surface area contributed by atoms with Gasteiger partial charge in [0.05, 0.1) is 25.4 Å². The van der Waals surface area contributed by atoms with E-state index in [0.717, 1.165) is 0 Å². The van der Waals surface area contributed by atoms with Gasteiger partial charge in [0.1, 0.15) is 5.75 Å². The van der Waals surface area contributed by atoms with E-state index in [-0.39, 0.29) is 22.8 Å². The van der Waals surface area contributed by atoms with Crippen molar-refractivity contribution in [2.24, 2.45) is 5.73 Å². The molecule has 1 atom stereocenters. The van der Waals surface area contributed by atoms with E-state index >= 15 is 0 Å². The highest BCUT2D eigenvalue weighted by Crippen LogP contribution is 2.37. The maximum absolute atomic E-state index is 12.8. The molecule has 0 saturated heterocycles. The maximum atomic E-state index is 12.8. The van der Waals surface area contributed by atoms with Gasteiger partial charge in [0, 0.05) is 5.56 Å². The Labute approximate surface area is 144 Å². The molecule has 6 heteroatoms. The predicted molar refractivity (Wildman–Crippen MR) is 90.7 cm³/mol.